The summed E-state index contributed by atoms with van der Waals surface area (Å²) in [5, 5.41) is 3.07. The number of carbonyl (C=O) groups is 1. The molecule has 2 fully saturated rings. The van der Waals surface area contributed by atoms with Gasteiger partial charge in [-0.3, -0.25) is 9.69 Å². The molecule has 1 aromatic rings. The first kappa shape index (κ1) is 19.0. The Hall–Kier alpha value is -1.73. The molecule has 2 saturated heterocycles. The average Bonchev–Trinajstić information content (AvgIpc) is 2.63. The zero-order chi connectivity index (χ0) is 18.5. The monoisotopic (exact) mass is 361 g/mol. The Labute approximate surface area is 156 Å². The van der Waals surface area contributed by atoms with Gasteiger partial charge in [0.25, 0.3) is 5.91 Å². The Balaban J connectivity index is 1.56. The molecule has 0 bridgehead atoms. The average molecular weight is 361 g/mol. The molecule has 3 heterocycles. The first-order chi connectivity index (χ1) is 12.5. The smallest absolute Gasteiger partial charge is 0.254 e. The normalized spacial score (nSPS) is 20.8. The molecule has 7 nitrogen and oxygen atoms in total. The van der Waals surface area contributed by atoms with Gasteiger partial charge in [0.15, 0.2) is 0 Å². The molecular formula is C19H31N5O2. The standard InChI is InChI=1S/C19H31N5O2/c1-14-4-6-24(7-5-14)19-20-12-17(16(3)22-19)18(25)21-15(2)13-23-8-10-26-11-9-23/h12,14-15H,4-11,13H2,1-3H3,(H,21,25)/t15-/m1/s1. The van der Waals surface area contributed by atoms with E-state index in [0.717, 1.165) is 63.5 Å². The molecule has 0 aromatic carbocycles. The van der Waals surface area contributed by atoms with Gasteiger partial charge < -0.3 is 15.0 Å². The van der Waals surface area contributed by atoms with Crippen LogP contribution in [0.5, 0.6) is 0 Å². The van der Waals surface area contributed by atoms with E-state index in [-0.39, 0.29) is 11.9 Å². The molecule has 0 unspecified atom stereocenters. The molecular weight excluding hydrogens is 330 g/mol. The summed E-state index contributed by atoms with van der Waals surface area (Å²) in [6.07, 6.45) is 4.01. The minimum atomic E-state index is -0.0953. The van der Waals surface area contributed by atoms with Crippen molar-refractivity contribution in [3.05, 3.63) is 17.5 Å². The van der Waals surface area contributed by atoms with Gasteiger partial charge in [-0.05, 0) is 32.6 Å². The Morgan fingerprint density at radius 1 is 1.31 bits per heavy atom. The summed E-state index contributed by atoms with van der Waals surface area (Å²) < 4.78 is 5.36. The summed E-state index contributed by atoms with van der Waals surface area (Å²) in [5.41, 5.74) is 1.30. The fourth-order valence-electron chi connectivity index (χ4n) is 3.56. The van der Waals surface area contributed by atoms with E-state index in [4.69, 9.17) is 4.74 Å². The summed E-state index contributed by atoms with van der Waals surface area (Å²) in [6, 6.07) is 0.0725. The van der Waals surface area contributed by atoms with Gasteiger partial charge >= 0.3 is 0 Å². The third-order valence-corrected chi connectivity index (χ3v) is 5.29. The van der Waals surface area contributed by atoms with Crippen molar-refractivity contribution < 1.29 is 9.53 Å². The lowest BCUT2D eigenvalue weighted by atomic mass is 10.00. The van der Waals surface area contributed by atoms with E-state index in [0.29, 0.717) is 5.56 Å². The van der Waals surface area contributed by atoms with Crippen LogP contribution >= 0.6 is 0 Å². The Kier molecular flexibility index (Phi) is 6.43. The van der Waals surface area contributed by atoms with Crippen LogP contribution < -0.4 is 10.2 Å². The van der Waals surface area contributed by atoms with Crippen LogP contribution in [0.1, 0.15) is 42.7 Å². The van der Waals surface area contributed by atoms with Crippen LogP contribution in [-0.4, -0.2) is 72.8 Å². The molecule has 1 aromatic heterocycles. The molecule has 0 saturated carbocycles. The number of nitrogens with one attached hydrogen (secondary N) is 1. The number of hydrogen-bond donors (Lipinski definition) is 1. The molecule has 26 heavy (non-hydrogen) atoms. The van der Waals surface area contributed by atoms with Crippen molar-refractivity contribution in [1.29, 1.82) is 0 Å². The predicted molar refractivity (Wildman–Crippen MR) is 102 cm³/mol. The third kappa shape index (κ3) is 4.92. The van der Waals surface area contributed by atoms with Crippen molar-refractivity contribution in [2.24, 2.45) is 5.92 Å². The number of hydrogen-bond acceptors (Lipinski definition) is 6. The number of anilines is 1. The number of amides is 1. The zero-order valence-corrected chi connectivity index (χ0v) is 16.2. The van der Waals surface area contributed by atoms with E-state index >= 15 is 0 Å². The number of aromatic nitrogens is 2. The van der Waals surface area contributed by atoms with E-state index in [1.807, 2.05) is 13.8 Å². The van der Waals surface area contributed by atoms with E-state index in [2.05, 4.69) is 32.0 Å². The summed E-state index contributed by atoms with van der Waals surface area (Å²) in [4.78, 5) is 26.2. The molecule has 144 valence electrons. The number of ether oxygens (including phenoxy) is 1. The topological polar surface area (TPSA) is 70.6 Å². The van der Waals surface area contributed by atoms with Crippen LogP contribution in [0.2, 0.25) is 0 Å². The number of morpholine rings is 1. The van der Waals surface area contributed by atoms with Crippen LogP contribution in [0.25, 0.3) is 0 Å². The van der Waals surface area contributed by atoms with Gasteiger partial charge in [-0.15, -0.1) is 0 Å². The molecule has 1 amide bonds. The van der Waals surface area contributed by atoms with E-state index in [1.165, 1.54) is 12.8 Å². The molecule has 3 rings (SSSR count). The van der Waals surface area contributed by atoms with Crippen molar-refractivity contribution in [2.75, 3.05) is 50.8 Å². The Morgan fingerprint density at radius 3 is 2.65 bits per heavy atom. The Bertz CT molecular complexity index is 610. The zero-order valence-electron chi connectivity index (χ0n) is 16.2. The van der Waals surface area contributed by atoms with Gasteiger partial charge in [-0.2, -0.15) is 0 Å². The summed E-state index contributed by atoms with van der Waals surface area (Å²) >= 11 is 0. The lowest BCUT2D eigenvalue weighted by Gasteiger charge is -2.30. The number of carbonyl (C=O) groups excluding carboxylic acids is 1. The lowest BCUT2D eigenvalue weighted by molar-refractivity contribution is 0.0342. The van der Waals surface area contributed by atoms with Gasteiger partial charge in [-0.25, -0.2) is 9.97 Å². The second-order valence-electron chi connectivity index (χ2n) is 7.63. The van der Waals surface area contributed by atoms with Crippen LogP contribution in [-0.2, 0) is 4.74 Å². The minimum absolute atomic E-state index is 0.0725. The van der Waals surface area contributed by atoms with E-state index in [1.54, 1.807) is 6.20 Å². The minimum Gasteiger partial charge on any atom is -0.379 e. The van der Waals surface area contributed by atoms with Crippen molar-refractivity contribution in [2.45, 2.75) is 39.7 Å². The van der Waals surface area contributed by atoms with Gasteiger partial charge in [0.2, 0.25) is 5.95 Å². The van der Waals surface area contributed by atoms with Crippen LogP contribution in [0.15, 0.2) is 6.20 Å². The fourth-order valence-corrected chi connectivity index (χ4v) is 3.56. The van der Waals surface area contributed by atoms with Crippen molar-refractivity contribution in [3.63, 3.8) is 0 Å². The first-order valence-corrected chi connectivity index (χ1v) is 9.72. The van der Waals surface area contributed by atoms with E-state index in [9.17, 15) is 4.79 Å². The summed E-state index contributed by atoms with van der Waals surface area (Å²) in [5.74, 6) is 1.42. The van der Waals surface area contributed by atoms with Crippen molar-refractivity contribution in [3.8, 4) is 0 Å². The van der Waals surface area contributed by atoms with Crippen molar-refractivity contribution >= 4 is 11.9 Å². The first-order valence-electron chi connectivity index (χ1n) is 9.72. The fraction of sp³-hybridized carbons (Fsp3) is 0.737. The maximum atomic E-state index is 12.6. The van der Waals surface area contributed by atoms with Crippen LogP contribution in [0, 0.1) is 12.8 Å². The van der Waals surface area contributed by atoms with Gasteiger partial charge in [-0.1, -0.05) is 6.92 Å². The second-order valence-corrected chi connectivity index (χ2v) is 7.63. The number of nitrogens with zero attached hydrogens (tertiary/aromatic N) is 4. The summed E-state index contributed by atoms with van der Waals surface area (Å²) in [6.45, 7) is 12.4. The van der Waals surface area contributed by atoms with Gasteiger partial charge in [0, 0.05) is 45.0 Å². The highest BCUT2D eigenvalue weighted by Crippen LogP contribution is 2.20. The maximum absolute atomic E-state index is 12.6. The molecule has 0 radical (unpaired) electrons. The second kappa shape index (κ2) is 8.77. The molecule has 2 aliphatic heterocycles. The third-order valence-electron chi connectivity index (χ3n) is 5.29. The molecule has 0 spiro atoms. The molecule has 1 atom stereocenters. The Morgan fingerprint density at radius 2 is 2.00 bits per heavy atom. The quantitative estimate of drug-likeness (QED) is 0.856. The highest BCUT2D eigenvalue weighted by atomic mass is 16.5. The highest BCUT2D eigenvalue weighted by Gasteiger charge is 2.21. The molecule has 0 aliphatic carbocycles. The van der Waals surface area contributed by atoms with Crippen LogP contribution in [0.3, 0.4) is 0 Å². The number of piperidine rings is 1. The highest BCUT2D eigenvalue weighted by molar-refractivity contribution is 5.95. The van der Waals surface area contributed by atoms with E-state index < -0.39 is 0 Å². The molecule has 2 aliphatic rings. The summed E-state index contributed by atoms with van der Waals surface area (Å²) in [7, 11) is 0. The molecule has 1 N–H and O–H groups in total. The van der Waals surface area contributed by atoms with Crippen LogP contribution in [0.4, 0.5) is 5.95 Å². The van der Waals surface area contributed by atoms with Gasteiger partial charge in [0.05, 0.1) is 24.5 Å². The predicted octanol–water partition coefficient (Wildman–Crippen LogP) is 1.47. The number of rotatable bonds is 5. The lowest BCUT2D eigenvalue weighted by Crippen LogP contribution is -2.46. The largest absolute Gasteiger partial charge is 0.379 e. The SMILES string of the molecule is Cc1nc(N2CCC(C)CC2)ncc1C(=O)N[C@H](C)CN1CCOCC1. The van der Waals surface area contributed by atoms with Crippen molar-refractivity contribution in [1.82, 2.24) is 20.2 Å². The maximum Gasteiger partial charge on any atom is 0.254 e. The van der Waals surface area contributed by atoms with Gasteiger partial charge in [0.1, 0.15) is 0 Å². The molecule has 7 heteroatoms. The number of aryl methyl sites for hydroxylation is 1.